The summed E-state index contributed by atoms with van der Waals surface area (Å²) in [5.74, 6) is -0.771. The lowest BCUT2D eigenvalue weighted by molar-refractivity contribution is -0.123. The van der Waals surface area contributed by atoms with E-state index in [1.807, 2.05) is 65.8 Å². The average Bonchev–Trinajstić information content (AvgIpc) is 3.04. The molecule has 53 heavy (non-hydrogen) atoms. The normalized spacial score (nSPS) is 23.8. The van der Waals surface area contributed by atoms with Gasteiger partial charge in [0.1, 0.15) is 29.6 Å². The van der Waals surface area contributed by atoms with E-state index < -0.39 is 30.1 Å². The number of carbonyl (C=O) groups is 4. The van der Waals surface area contributed by atoms with Crippen LogP contribution in [0, 0.1) is 26.7 Å². The van der Waals surface area contributed by atoms with Gasteiger partial charge in [0.15, 0.2) is 11.6 Å². The molecule has 1 unspecified atom stereocenters. The Hall–Kier alpha value is -4.60. The number of fused-ring (bicyclic) bond motifs is 2. The number of ketones is 2. The van der Waals surface area contributed by atoms with Gasteiger partial charge in [0.2, 0.25) is 0 Å². The fraction of sp³-hybridized carbons (Fsp3) is 0.455. The number of ether oxygens (including phenoxy) is 3. The van der Waals surface area contributed by atoms with Crippen molar-refractivity contribution in [1.82, 2.24) is 0 Å². The lowest BCUT2D eigenvalue weighted by atomic mass is 9.96. The van der Waals surface area contributed by atoms with Gasteiger partial charge in [0, 0.05) is 25.2 Å². The third-order valence-corrected chi connectivity index (χ3v) is 8.45. The standard InChI is InChI=1S/C21H26O6.C21H26O3.2CH4/c1-4-26-19-11-13(2)10-15-8-9-16(22)12-18(24)17(23)7-5-6-14(3)27-21(25)20(15)19;1-14-12-16(3)20-18(13-14)10-6-5-8-15(2)19(22)11-7-9-17(4)24-21(20)23;;/h5,7-11,14,16,18,22,24H,4,6,12H2,1-3H3;6-7,10-13,15,17H,5,8-9H2,1-4H3;2*1H4/b7-5-,9-8?;10-6?,11-7-;;/t14-,16?,18-;15-,17-;;/m00../s1. The van der Waals surface area contributed by atoms with Crippen LogP contribution in [-0.4, -0.2) is 64.7 Å². The number of cyclic esters (lactones) is 2. The summed E-state index contributed by atoms with van der Waals surface area (Å²) in [7, 11) is 0. The van der Waals surface area contributed by atoms with E-state index >= 15 is 0 Å². The molecule has 0 bridgehead atoms. The third kappa shape index (κ3) is 14.4. The molecule has 290 valence electrons. The van der Waals surface area contributed by atoms with Crippen LogP contribution < -0.4 is 4.74 Å². The first-order valence-electron chi connectivity index (χ1n) is 17.6. The molecule has 5 atom stereocenters. The van der Waals surface area contributed by atoms with E-state index in [4.69, 9.17) is 14.2 Å². The maximum absolute atomic E-state index is 12.8. The van der Waals surface area contributed by atoms with Gasteiger partial charge in [-0.25, -0.2) is 9.59 Å². The molecule has 2 aromatic rings. The number of aryl methyl sites for hydroxylation is 3. The minimum Gasteiger partial charge on any atom is -0.493 e. The van der Waals surface area contributed by atoms with E-state index in [-0.39, 0.29) is 50.6 Å². The van der Waals surface area contributed by atoms with Gasteiger partial charge in [-0.05, 0) is 94.9 Å². The quantitative estimate of drug-likeness (QED) is 0.291. The van der Waals surface area contributed by atoms with Gasteiger partial charge >= 0.3 is 11.9 Å². The average molecular weight is 733 g/mol. The number of esters is 2. The number of aliphatic hydroxyl groups excluding tert-OH is 2. The monoisotopic (exact) mass is 732 g/mol. The van der Waals surface area contributed by atoms with Gasteiger partial charge < -0.3 is 24.4 Å². The molecule has 9 nitrogen and oxygen atoms in total. The summed E-state index contributed by atoms with van der Waals surface area (Å²) >= 11 is 0. The van der Waals surface area contributed by atoms with Crippen molar-refractivity contribution in [3.8, 4) is 5.75 Å². The fourth-order valence-electron chi connectivity index (χ4n) is 5.75. The van der Waals surface area contributed by atoms with Crippen LogP contribution in [0.3, 0.4) is 0 Å². The zero-order chi connectivity index (χ0) is 37.7. The molecular weight excluding hydrogens is 672 g/mol. The Morgan fingerprint density at radius 3 is 1.87 bits per heavy atom. The summed E-state index contributed by atoms with van der Waals surface area (Å²) in [6.45, 7) is 13.6. The predicted molar refractivity (Wildman–Crippen MR) is 212 cm³/mol. The Kier molecular flexibility index (Phi) is 19.7. The molecule has 2 aliphatic rings. The van der Waals surface area contributed by atoms with Crippen molar-refractivity contribution in [3.05, 3.63) is 99.7 Å². The van der Waals surface area contributed by atoms with Gasteiger partial charge in [0.05, 0.1) is 18.3 Å². The van der Waals surface area contributed by atoms with Crippen molar-refractivity contribution in [2.45, 2.75) is 120 Å². The Morgan fingerprint density at radius 2 is 1.26 bits per heavy atom. The second kappa shape index (κ2) is 22.5. The summed E-state index contributed by atoms with van der Waals surface area (Å²) in [6, 6.07) is 7.57. The number of benzene rings is 2. The van der Waals surface area contributed by atoms with Crippen LogP contribution >= 0.6 is 0 Å². The number of hydrogen-bond acceptors (Lipinski definition) is 9. The Balaban J connectivity index is 0.000000514. The minimum atomic E-state index is -1.29. The minimum absolute atomic E-state index is 0. The Bertz CT molecular complexity index is 1680. The first-order chi connectivity index (χ1) is 24.2. The maximum atomic E-state index is 12.8. The number of allylic oxidation sites excluding steroid dienone is 2. The van der Waals surface area contributed by atoms with Gasteiger partial charge in [-0.2, -0.15) is 0 Å². The van der Waals surface area contributed by atoms with Crippen LogP contribution in [0.1, 0.15) is 123 Å². The molecule has 2 aromatic carbocycles. The molecule has 0 aromatic heterocycles. The highest BCUT2D eigenvalue weighted by atomic mass is 16.5. The predicted octanol–water partition coefficient (Wildman–Crippen LogP) is 8.67. The summed E-state index contributed by atoms with van der Waals surface area (Å²) in [6.07, 6.45) is 12.6. The van der Waals surface area contributed by atoms with E-state index in [0.717, 1.165) is 35.1 Å². The van der Waals surface area contributed by atoms with Crippen molar-refractivity contribution < 1.29 is 43.6 Å². The van der Waals surface area contributed by atoms with Crippen molar-refractivity contribution in [2.24, 2.45) is 5.92 Å². The molecule has 2 heterocycles. The Morgan fingerprint density at radius 1 is 0.717 bits per heavy atom. The first kappa shape index (κ1) is 46.4. The van der Waals surface area contributed by atoms with Crippen LogP contribution in [0.15, 0.2) is 60.7 Å². The van der Waals surface area contributed by atoms with E-state index in [9.17, 15) is 29.4 Å². The summed E-state index contributed by atoms with van der Waals surface area (Å²) in [4.78, 5) is 49.2. The molecule has 2 N–H and O–H groups in total. The highest BCUT2D eigenvalue weighted by Crippen LogP contribution is 2.28. The smallest absolute Gasteiger partial charge is 0.342 e. The topological polar surface area (TPSA) is 136 Å². The molecule has 0 saturated heterocycles. The maximum Gasteiger partial charge on any atom is 0.342 e. The van der Waals surface area contributed by atoms with Crippen molar-refractivity contribution >= 4 is 35.7 Å². The van der Waals surface area contributed by atoms with Gasteiger partial charge in [-0.1, -0.05) is 82.0 Å². The van der Waals surface area contributed by atoms with E-state index in [1.54, 1.807) is 43.4 Å². The molecule has 4 rings (SSSR count). The highest BCUT2D eigenvalue weighted by Gasteiger charge is 2.23. The zero-order valence-electron chi connectivity index (χ0n) is 30.8. The molecule has 0 spiro atoms. The van der Waals surface area contributed by atoms with Gasteiger partial charge in [-0.15, -0.1) is 0 Å². The molecule has 2 aliphatic heterocycles. The van der Waals surface area contributed by atoms with Gasteiger partial charge in [0.25, 0.3) is 0 Å². The highest BCUT2D eigenvalue weighted by molar-refractivity contribution is 5.97. The number of rotatable bonds is 2. The molecule has 9 heteroatoms. The van der Waals surface area contributed by atoms with Crippen LogP contribution in [0.2, 0.25) is 0 Å². The van der Waals surface area contributed by atoms with Gasteiger partial charge in [-0.3, -0.25) is 9.59 Å². The first-order valence-corrected chi connectivity index (χ1v) is 17.6. The second-order valence-electron chi connectivity index (χ2n) is 13.3. The largest absolute Gasteiger partial charge is 0.493 e. The zero-order valence-corrected chi connectivity index (χ0v) is 30.8. The van der Waals surface area contributed by atoms with Crippen molar-refractivity contribution in [3.63, 3.8) is 0 Å². The number of hydrogen-bond donors (Lipinski definition) is 2. The third-order valence-electron chi connectivity index (χ3n) is 8.45. The lowest BCUT2D eigenvalue weighted by Crippen LogP contribution is -2.24. The van der Waals surface area contributed by atoms with Crippen LogP contribution in [0.5, 0.6) is 5.75 Å². The summed E-state index contributed by atoms with van der Waals surface area (Å²) < 4.78 is 16.7. The molecule has 0 aliphatic carbocycles. The van der Waals surface area contributed by atoms with Crippen molar-refractivity contribution in [1.29, 1.82) is 0 Å². The van der Waals surface area contributed by atoms with Crippen LogP contribution in [0.4, 0.5) is 0 Å². The molecule has 0 radical (unpaired) electrons. The SMILES string of the molecule is C.C.CCOc1cc(C)cc2c1C(=O)O[C@@H](C)C/C=C\C(=O)[C@@H](O)CC(O)C=C2.Cc1cc(C)c2c(c1)C=CCC[C@H](C)C(=O)/C=C\C[C@H](C)OC2=O. The van der Waals surface area contributed by atoms with E-state index in [0.29, 0.717) is 36.3 Å². The van der Waals surface area contributed by atoms with Crippen LogP contribution in [-0.2, 0) is 19.1 Å². The van der Waals surface area contributed by atoms with Crippen LogP contribution in [0.25, 0.3) is 12.2 Å². The van der Waals surface area contributed by atoms with E-state index in [1.165, 1.54) is 12.2 Å². The summed E-state index contributed by atoms with van der Waals surface area (Å²) in [5, 5.41) is 20.0. The lowest BCUT2D eigenvalue weighted by Gasteiger charge is -2.17. The number of carbonyl (C=O) groups excluding carboxylic acids is 4. The molecule has 0 fully saturated rings. The number of aliphatic hydroxyl groups is 2. The molecular formula is C44H60O9. The van der Waals surface area contributed by atoms with E-state index in [2.05, 4.69) is 0 Å². The molecule has 0 amide bonds. The second-order valence-corrected chi connectivity index (χ2v) is 13.3. The fourth-order valence-corrected chi connectivity index (χ4v) is 5.75. The summed E-state index contributed by atoms with van der Waals surface area (Å²) in [5.41, 5.74) is 5.28. The Labute approximate surface area is 316 Å². The van der Waals surface area contributed by atoms with Crippen molar-refractivity contribution in [2.75, 3.05) is 6.61 Å². The molecule has 0 saturated carbocycles.